The normalized spacial score (nSPS) is 21.6. The molecular weight excluding hydrogens is 314 g/mol. The van der Waals surface area contributed by atoms with Gasteiger partial charge < -0.3 is 4.90 Å². The highest BCUT2D eigenvalue weighted by Crippen LogP contribution is 2.45. The third-order valence-corrected chi connectivity index (χ3v) is 4.42. The van der Waals surface area contributed by atoms with Crippen LogP contribution in [0.4, 0.5) is 5.69 Å². The predicted molar refractivity (Wildman–Crippen MR) is 88.8 cm³/mol. The minimum atomic E-state index is -0.550. The molecular formula is C17H24BrNO. The lowest BCUT2D eigenvalue weighted by atomic mass is 9.79. The number of alkyl halides is 1. The minimum absolute atomic E-state index is 0.126. The Kier molecular flexibility index (Phi) is 3.79. The summed E-state index contributed by atoms with van der Waals surface area (Å²) in [5.41, 5.74) is 3.38. The highest BCUT2D eigenvalue weighted by molar-refractivity contribution is 9.10. The standard InChI is InChI=1S/C17H24BrNO/c1-11-7-8-13-12(2)10-16(3,4)19(14(13)9-11)15(20)17(5,6)18/h7-9,12H,10H2,1-6H3/t12-/m1/s1. The van der Waals surface area contributed by atoms with Crippen LogP contribution in [0.3, 0.4) is 0 Å². The van der Waals surface area contributed by atoms with Crippen LogP contribution in [0.5, 0.6) is 0 Å². The number of carbonyl (C=O) groups excluding carboxylic acids is 1. The highest BCUT2D eigenvalue weighted by atomic mass is 79.9. The Morgan fingerprint density at radius 3 is 2.55 bits per heavy atom. The van der Waals surface area contributed by atoms with Crippen molar-refractivity contribution in [3.63, 3.8) is 0 Å². The molecule has 2 rings (SSSR count). The largest absolute Gasteiger partial charge is 0.305 e. The van der Waals surface area contributed by atoms with Gasteiger partial charge in [0.15, 0.2) is 0 Å². The second-order valence-electron chi connectivity index (χ2n) is 7.09. The molecule has 0 fully saturated rings. The summed E-state index contributed by atoms with van der Waals surface area (Å²) in [5.74, 6) is 0.601. The molecule has 2 nitrogen and oxygen atoms in total. The molecule has 1 aliphatic rings. The van der Waals surface area contributed by atoms with Gasteiger partial charge in [-0.1, -0.05) is 35.0 Å². The number of nitrogens with zero attached hydrogens (tertiary/aromatic N) is 1. The number of carbonyl (C=O) groups is 1. The predicted octanol–water partition coefficient (Wildman–Crippen LogP) is 4.79. The van der Waals surface area contributed by atoms with Crippen molar-refractivity contribution < 1.29 is 4.79 Å². The van der Waals surface area contributed by atoms with Crippen molar-refractivity contribution in [2.75, 3.05) is 4.90 Å². The van der Waals surface area contributed by atoms with Crippen molar-refractivity contribution in [3.05, 3.63) is 29.3 Å². The number of rotatable bonds is 1. The summed E-state index contributed by atoms with van der Waals surface area (Å²) < 4.78 is -0.550. The summed E-state index contributed by atoms with van der Waals surface area (Å²) >= 11 is 3.53. The Balaban J connectivity index is 2.62. The van der Waals surface area contributed by atoms with Crippen molar-refractivity contribution in [1.29, 1.82) is 0 Å². The van der Waals surface area contributed by atoms with Crippen LogP contribution in [0.2, 0.25) is 0 Å². The molecule has 0 unspecified atom stereocenters. The van der Waals surface area contributed by atoms with Gasteiger partial charge in [0.1, 0.15) is 0 Å². The van der Waals surface area contributed by atoms with E-state index < -0.39 is 4.32 Å². The Bertz CT molecular complexity index is 542. The van der Waals surface area contributed by atoms with Crippen molar-refractivity contribution in [3.8, 4) is 0 Å². The van der Waals surface area contributed by atoms with E-state index in [-0.39, 0.29) is 11.4 Å². The van der Waals surface area contributed by atoms with E-state index in [9.17, 15) is 4.79 Å². The van der Waals surface area contributed by atoms with E-state index in [4.69, 9.17) is 0 Å². The number of anilines is 1. The average molecular weight is 338 g/mol. The number of aryl methyl sites for hydroxylation is 1. The molecule has 0 radical (unpaired) electrons. The van der Waals surface area contributed by atoms with Crippen LogP contribution in [-0.2, 0) is 4.79 Å². The van der Waals surface area contributed by atoms with E-state index >= 15 is 0 Å². The smallest absolute Gasteiger partial charge is 0.243 e. The second-order valence-corrected chi connectivity index (χ2v) is 9.08. The maximum Gasteiger partial charge on any atom is 0.243 e. The SMILES string of the molecule is Cc1ccc2c(c1)N(C(=O)C(C)(C)Br)C(C)(C)C[C@H]2C. The Labute approximate surface area is 130 Å². The third-order valence-electron chi connectivity index (χ3n) is 4.08. The molecule has 0 bridgehead atoms. The number of fused-ring (bicyclic) bond motifs is 1. The van der Waals surface area contributed by atoms with E-state index in [1.165, 1.54) is 11.1 Å². The van der Waals surface area contributed by atoms with E-state index in [1.54, 1.807) is 0 Å². The fraction of sp³-hybridized carbons (Fsp3) is 0.588. The molecule has 3 heteroatoms. The highest BCUT2D eigenvalue weighted by Gasteiger charge is 2.43. The van der Waals surface area contributed by atoms with E-state index in [1.807, 2.05) is 18.7 Å². The van der Waals surface area contributed by atoms with E-state index in [0.29, 0.717) is 5.92 Å². The summed E-state index contributed by atoms with van der Waals surface area (Å²) in [4.78, 5) is 14.9. The Morgan fingerprint density at radius 2 is 2.00 bits per heavy atom. The van der Waals surface area contributed by atoms with Crippen molar-refractivity contribution in [2.45, 2.75) is 63.7 Å². The van der Waals surface area contributed by atoms with Crippen LogP contribution in [0, 0.1) is 6.92 Å². The van der Waals surface area contributed by atoms with E-state index in [2.05, 4.69) is 61.8 Å². The molecule has 1 atom stereocenters. The molecule has 0 saturated carbocycles. The van der Waals surface area contributed by atoms with Gasteiger partial charge in [-0.25, -0.2) is 0 Å². The second kappa shape index (κ2) is 4.87. The van der Waals surface area contributed by atoms with Gasteiger partial charge >= 0.3 is 0 Å². The first-order chi connectivity index (χ1) is 9.04. The lowest BCUT2D eigenvalue weighted by Gasteiger charge is -2.47. The van der Waals surface area contributed by atoms with Crippen LogP contribution < -0.4 is 4.90 Å². The third kappa shape index (κ3) is 2.65. The lowest BCUT2D eigenvalue weighted by molar-refractivity contribution is -0.121. The van der Waals surface area contributed by atoms with E-state index in [0.717, 1.165) is 12.1 Å². The first-order valence-electron chi connectivity index (χ1n) is 7.18. The number of hydrogen-bond donors (Lipinski definition) is 0. The number of benzene rings is 1. The molecule has 1 aromatic rings. The lowest BCUT2D eigenvalue weighted by Crippen LogP contribution is -2.56. The van der Waals surface area contributed by atoms with Gasteiger partial charge in [-0.2, -0.15) is 0 Å². The van der Waals surface area contributed by atoms with Crippen molar-refractivity contribution in [2.24, 2.45) is 0 Å². The van der Waals surface area contributed by atoms with Gasteiger partial charge in [0.2, 0.25) is 5.91 Å². The molecule has 1 heterocycles. The zero-order valence-corrected chi connectivity index (χ0v) is 14.8. The van der Waals surface area contributed by atoms with Gasteiger partial charge in [-0.15, -0.1) is 0 Å². The Morgan fingerprint density at radius 1 is 1.40 bits per heavy atom. The van der Waals surface area contributed by atoms with Crippen LogP contribution in [0.1, 0.15) is 58.1 Å². The number of hydrogen-bond acceptors (Lipinski definition) is 1. The molecule has 20 heavy (non-hydrogen) atoms. The molecule has 110 valence electrons. The molecule has 0 aromatic heterocycles. The first kappa shape index (κ1) is 15.6. The minimum Gasteiger partial charge on any atom is -0.305 e. The molecule has 1 aliphatic heterocycles. The van der Waals surface area contributed by atoms with Gasteiger partial charge in [-0.05, 0) is 64.2 Å². The molecule has 0 spiro atoms. The van der Waals surface area contributed by atoms with Crippen LogP contribution in [-0.4, -0.2) is 15.8 Å². The summed E-state index contributed by atoms with van der Waals surface area (Å²) in [6.45, 7) is 12.5. The van der Waals surface area contributed by atoms with Crippen LogP contribution in [0.15, 0.2) is 18.2 Å². The molecule has 0 saturated heterocycles. The molecule has 1 aromatic carbocycles. The fourth-order valence-electron chi connectivity index (χ4n) is 3.19. The van der Waals surface area contributed by atoms with Gasteiger partial charge in [0.05, 0.1) is 4.32 Å². The monoisotopic (exact) mass is 337 g/mol. The zero-order chi connectivity index (χ0) is 15.3. The van der Waals surface area contributed by atoms with Gasteiger partial charge in [-0.3, -0.25) is 4.79 Å². The van der Waals surface area contributed by atoms with Crippen LogP contribution in [0.25, 0.3) is 0 Å². The summed E-state index contributed by atoms with van der Waals surface area (Å²) in [6.07, 6.45) is 0.984. The summed E-state index contributed by atoms with van der Waals surface area (Å²) in [7, 11) is 0. The van der Waals surface area contributed by atoms with Crippen LogP contribution >= 0.6 is 15.9 Å². The average Bonchev–Trinajstić information content (AvgIpc) is 2.25. The molecule has 1 amide bonds. The number of amides is 1. The zero-order valence-electron chi connectivity index (χ0n) is 13.2. The summed E-state index contributed by atoms with van der Waals surface area (Å²) in [6, 6.07) is 6.45. The Hall–Kier alpha value is -0.830. The van der Waals surface area contributed by atoms with Crippen molar-refractivity contribution >= 4 is 27.5 Å². The topological polar surface area (TPSA) is 20.3 Å². The molecule has 0 aliphatic carbocycles. The maximum absolute atomic E-state index is 12.9. The maximum atomic E-state index is 12.9. The summed E-state index contributed by atoms with van der Waals surface area (Å²) in [5, 5.41) is 0. The quantitative estimate of drug-likeness (QED) is 0.675. The molecule has 0 N–H and O–H groups in total. The van der Waals surface area contributed by atoms with Gasteiger partial charge in [0, 0.05) is 11.2 Å². The number of halogens is 1. The fourth-order valence-corrected chi connectivity index (χ4v) is 3.37. The first-order valence-corrected chi connectivity index (χ1v) is 7.97. The van der Waals surface area contributed by atoms with Crippen molar-refractivity contribution in [1.82, 2.24) is 0 Å². The van der Waals surface area contributed by atoms with Gasteiger partial charge in [0.25, 0.3) is 0 Å².